The molecule has 0 radical (unpaired) electrons. The van der Waals surface area contributed by atoms with E-state index in [1.165, 1.54) is 10.9 Å². The first-order valence-corrected chi connectivity index (χ1v) is 7.00. The van der Waals surface area contributed by atoms with Crippen molar-refractivity contribution >= 4 is 23.5 Å². The maximum absolute atomic E-state index is 12.4. The number of carbonyl (C=O) groups excluding carboxylic acids is 2. The van der Waals surface area contributed by atoms with Crippen molar-refractivity contribution in [3.05, 3.63) is 24.0 Å². The topological polar surface area (TPSA) is 127 Å². The van der Waals surface area contributed by atoms with Gasteiger partial charge in [0.15, 0.2) is 5.69 Å². The number of amides is 2. The lowest BCUT2D eigenvalue weighted by molar-refractivity contribution is -0.146. The first-order valence-electron chi connectivity index (χ1n) is 7.00. The van der Waals surface area contributed by atoms with Gasteiger partial charge >= 0.3 is 5.97 Å². The number of anilines is 1. The van der Waals surface area contributed by atoms with Crippen LogP contribution in [-0.2, 0) is 16.1 Å². The number of rotatable bonds is 5. The van der Waals surface area contributed by atoms with Gasteiger partial charge in [0.05, 0.1) is 17.5 Å². The van der Waals surface area contributed by atoms with Gasteiger partial charge in [-0.25, -0.2) is 0 Å². The van der Waals surface area contributed by atoms with Crippen molar-refractivity contribution in [3.8, 4) is 0 Å². The van der Waals surface area contributed by atoms with Gasteiger partial charge in [0.1, 0.15) is 0 Å². The predicted molar refractivity (Wildman–Crippen MR) is 78.0 cm³/mol. The van der Waals surface area contributed by atoms with Crippen LogP contribution in [0, 0.1) is 11.8 Å². The summed E-state index contributed by atoms with van der Waals surface area (Å²) < 4.78 is 1.48. The van der Waals surface area contributed by atoms with E-state index in [9.17, 15) is 19.5 Å². The van der Waals surface area contributed by atoms with Crippen molar-refractivity contribution in [2.75, 3.05) is 5.32 Å². The average Bonchev–Trinajstić information content (AvgIpc) is 2.90. The predicted octanol–water partition coefficient (Wildman–Crippen LogP) is 0.607. The number of nitrogens with two attached hydrogens (primary N) is 1. The Labute approximate surface area is 127 Å². The van der Waals surface area contributed by atoms with E-state index in [1.807, 2.05) is 6.92 Å². The third-order valence-electron chi connectivity index (χ3n) is 3.66. The van der Waals surface area contributed by atoms with E-state index in [1.54, 1.807) is 12.2 Å². The van der Waals surface area contributed by atoms with Crippen LogP contribution in [-0.4, -0.2) is 32.7 Å². The molecule has 0 saturated heterocycles. The minimum Gasteiger partial charge on any atom is -0.481 e. The average molecular weight is 306 g/mol. The summed E-state index contributed by atoms with van der Waals surface area (Å²) >= 11 is 0. The highest BCUT2D eigenvalue weighted by atomic mass is 16.4. The second kappa shape index (κ2) is 6.42. The standard InChI is InChI=1S/C14H18N4O4/c1-2-18-7-10(11(17-18)12(15)19)16-13(20)8-5-3-4-6-9(8)14(21)22/h3-4,7-9H,2,5-6H2,1H3,(H2,15,19)(H,16,20)(H,21,22). The number of carbonyl (C=O) groups is 3. The summed E-state index contributed by atoms with van der Waals surface area (Å²) in [7, 11) is 0. The minimum absolute atomic E-state index is 0.0339. The van der Waals surface area contributed by atoms with Crippen LogP contribution in [0.5, 0.6) is 0 Å². The molecule has 0 aromatic carbocycles. The number of aliphatic carboxylic acids is 1. The molecule has 118 valence electrons. The monoisotopic (exact) mass is 306 g/mol. The normalized spacial score (nSPS) is 20.6. The van der Waals surface area contributed by atoms with Gasteiger partial charge in [-0.1, -0.05) is 12.2 Å². The molecule has 1 aromatic heterocycles. The first kappa shape index (κ1) is 15.7. The molecule has 2 rings (SSSR count). The van der Waals surface area contributed by atoms with Gasteiger partial charge in [0.25, 0.3) is 5.91 Å². The molecule has 2 atom stereocenters. The minimum atomic E-state index is -1.01. The molecule has 0 aliphatic heterocycles. The van der Waals surface area contributed by atoms with Gasteiger partial charge in [-0.2, -0.15) is 5.10 Å². The van der Waals surface area contributed by atoms with Crippen molar-refractivity contribution in [2.24, 2.45) is 17.6 Å². The van der Waals surface area contributed by atoms with Crippen molar-refractivity contribution < 1.29 is 19.5 Å². The molecular weight excluding hydrogens is 288 g/mol. The van der Waals surface area contributed by atoms with E-state index >= 15 is 0 Å². The van der Waals surface area contributed by atoms with E-state index in [0.29, 0.717) is 19.4 Å². The molecule has 8 nitrogen and oxygen atoms in total. The zero-order valence-electron chi connectivity index (χ0n) is 12.2. The molecule has 1 aliphatic carbocycles. The molecule has 2 unspecified atom stereocenters. The molecule has 1 aliphatic rings. The Hall–Kier alpha value is -2.64. The maximum Gasteiger partial charge on any atom is 0.307 e. The fourth-order valence-electron chi connectivity index (χ4n) is 2.46. The number of carboxylic acids is 1. The van der Waals surface area contributed by atoms with Crippen LogP contribution < -0.4 is 11.1 Å². The molecule has 8 heteroatoms. The lowest BCUT2D eigenvalue weighted by Crippen LogP contribution is -2.35. The molecule has 4 N–H and O–H groups in total. The molecular formula is C14H18N4O4. The summed E-state index contributed by atoms with van der Waals surface area (Å²) in [5.74, 6) is -3.67. The summed E-state index contributed by atoms with van der Waals surface area (Å²) in [6.45, 7) is 2.34. The number of aromatic nitrogens is 2. The van der Waals surface area contributed by atoms with Crippen LogP contribution in [0.2, 0.25) is 0 Å². The number of aryl methyl sites for hydroxylation is 1. The van der Waals surface area contributed by atoms with E-state index < -0.39 is 29.6 Å². The Morgan fingerprint density at radius 1 is 1.36 bits per heavy atom. The summed E-state index contributed by atoms with van der Waals surface area (Å²) in [6, 6.07) is 0. The Morgan fingerprint density at radius 2 is 2.00 bits per heavy atom. The van der Waals surface area contributed by atoms with E-state index in [-0.39, 0.29) is 11.4 Å². The van der Waals surface area contributed by atoms with Crippen LogP contribution in [0.1, 0.15) is 30.3 Å². The number of hydrogen-bond acceptors (Lipinski definition) is 4. The Morgan fingerprint density at radius 3 is 2.55 bits per heavy atom. The Balaban J connectivity index is 2.21. The lowest BCUT2D eigenvalue weighted by atomic mass is 9.82. The Kier molecular flexibility index (Phi) is 4.59. The highest BCUT2D eigenvalue weighted by Gasteiger charge is 2.34. The number of allylic oxidation sites excluding steroid dienone is 2. The number of hydrogen-bond donors (Lipinski definition) is 3. The molecule has 0 saturated carbocycles. The molecule has 0 fully saturated rings. The third kappa shape index (κ3) is 3.16. The Bertz CT molecular complexity index is 635. The van der Waals surface area contributed by atoms with Gasteiger partial charge < -0.3 is 16.2 Å². The van der Waals surface area contributed by atoms with Crippen molar-refractivity contribution in [2.45, 2.75) is 26.3 Å². The zero-order valence-corrected chi connectivity index (χ0v) is 12.2. The summed E-state index contributed by atoms with van der Waals surface area (Å²) in [4.78, 5) is 35.0. The molecule has 2 amide bonds. The molecule has 0 bridgehead atoms. The van der Waals surface area contributed by atoms with Crippen LogP contribution in [0.4, 0.5) is 5.69 Å². The summed E-state index contributed by atoms with van der Waals surface area (Å²) in [5.41, 5.74) is 5.41. The second-order valence-corrected chi connectivity index (χ2v) is 5.09. The van der Waals surface area contributed by atoms with E-state index in [2.05, 4.69) is 10.4 Å². The SMILES string of the molecule is CCn1cc(NC(=O)C2CC=CCC2C(=O)O)c(C(N)=O)n1. The molecule has 1 heterocycles. The molecule has 1 aromatic rings. The molecule has 0 spiro atoms. The van der Waals surface area contributed by atoms with E-state index in [4.69, 9.17) is 5.73 Å². The van der Waals surface area contributed by atoms with Gasteiger partial charge in [-0.15, -0.1) is 0 Å². The number of nitrogens with one attached hydrogen (secondary N) is 1. The highest BCUT2D eigenvalue weighted by molar-refractivity contribution is 6.02. The van der Waals surface area contributed by atoms with Gasteiger partial charge in [-0.05, 0) is 19.8 Å². The largest absolute Gasteiger partial charge is 0.481 e. The molecule has 22 heavy (non-hydrogen) atoms. The fourth-order valence-corrected chi connectivity index (χ4v) is 2.46. The van der Waals surface area contributed by atoms with Gasteiger partial charge in [-0.3, -0.25) is 19.1 Å². The second-order valence-electron chi connectivity index (χ2n) is 5.09. The first-order chi connectivity index (χ1) is 10.4. The van der Waals surface area contributed by atoms with Crippen molar-refractivity contribution in [1.29, 1.82) is 0 Å². The van der Waals surface area contributed by atoms with Crippen LogP contribution in [0.25, 0.3) is 0 Å². The van der Waals surface area contributed by atoms with Crippen LogP contribution >= 0.6 is 0 Å². The number of nitrogens with zero attached hydrogens (tertiary/aromatic N) is 2. The van der Waals surface area contributed by atoms with Crippen molar-refractivity contribution in [1.82, 2.24) is 9.78 Å². The lowest BCUT2D eigenvalue weighted by Gasteiger charge is -2.24. The van der Waals surface area contributed by atoms with Gasteiger partial charge in [0.2, 0.25) is 5.91 Å². The summed E-state index contributed by atoms with van der Waals surface area (Å²) in [6.07, 6.45) is 5.70. The van der Waals surface area contributed by atoms with Crippen LogP contribution in [0.3, 0.4) is 0 Å². The highest BCUT2D eigenvalue weighted by Crippen LogP contribution is 2.27. The smallest absolute Gasteiger partial charge is 0.307 e. The fraction of sp³-hybridized carbons (Fsp3) is 0.429. The number of primary amides is 1. The zero-order chi connectivity index (χ0) is 16.3. The van der Waals surface area contributed by atoms with E-state index in [0.717, 1.165) is 0 Å². The van der Waals surface area contributed by atoms with Crippen LogP contribution in [0.15, 0.2) is 18.3 Å². The maximum atomic E-state index is 12.4. The number of carboxylic acid groups (broad SMARTS) is 1. The van der Waals surface area contributed by atoms with Crippen molar-refractivity contribution in [3.63, 3.8) is 0 Å². The van der Waals surface area contributed by atoms with Gasteiger partial charge in [0, 0.05) is 12.7 Å². The third-order valence-corrected chi connectivity index (χ3v) is 3.66. The quantitative estimate of drug-likeness (QED) is 0.687. The summed E-state index contributed by atoms with van der Waals surface area (Å²) in [5, 5.41) is 15.8.